The van der Waals surface area contributed by atoms with Crippen LogP contribution in [0.3, 0.4) is 0 Å². The Morgan fingerprint density at radius 3 is 2.83 bits per heavy atom. The van der Waals surface area contributed by atoms with Crippen molar-refractivity contribution in [3.8, 4) is 6.07 Å². The van der Waals surface area contributed by atoms with E-state index in [-0.39, 0.29) is 11.9 Å². The van der Waals surface area contributed by atoms with Gasteiger partial charge in [0.2, 0.25) is 0 Å². The molecule has 0 aliphatic rings. The predicted molar refractivity (Wildman–Crippen MR) is 93.4 cm³/mol. The summed E-state index contributed by atoms with van der Waals surface area (Å²) in [7, 11) is 2.03. The zero-order chi connectivity index (χ0) is 16.7. The van der Waals surface area contributed by atoms with Gasteiger partial charge in [0.05, 0.1) is 17.4 Å². The first-order valence-electron chi connectivity index (χ1n) is 7.61. The average molecular weight is 327 g/mol. The Balaban J connectivity index is 1.93. The van der Waals surface area contributed by atoms with Crippen LogP contribution in [0.25, 0.3) is 0 Å². The summed E-state index contributed by atoms with van der Waals surface area (Å²) in [6, 6.07) is 13.7. The molecule has 0 unspecified atom stereocenters. The van der Waals surface area contributed by atoms with Gasteiger partial charge in [0, 0.05) is 29.9 Å². The smallest absolute Gasteiger partial charge is 0.252 e. The third-order valence-electron chi connectivity index (χ3n) is 3.69. The number of nitrogens with zero attached hydrogens (tertiary/aromatic N) is 2. The van der Waals surface area contributed by atoms with E-state index in [1.807, 2.05) is 44.4 Å². The summed E-state index contributed by atoms with van der Waals surface area (Å²) in [4.78, 5) is 13.3. The third kappa shape index (κ3) is 4.90. The molecule has 1 heterocycles. The molecule has 23 heavy (non-hydrogen) atoms. The Morgan fingerprint density at radius 1 is 1.35 bits per heavy atom. The zero-order valence-corrected chi connectivity index (χ0v) is 14.3. The van der Waals surface area contributed by atoms with Crippen LogP contribution in [0.15, 0.2) is 47.5 Å². The number of carbonyl (C=O) groups excluding carboxylic acids is 1. The van der Waals surface area contributed by atoms with E-state index in [9.17, 15) is 4.79 Å². The third-order valence-corrected chi connectivity index (χ3v) is 4.63. The number of amides is 1. The largest absolute Gasteiger partial charge is 0.354 e. The fourth-order valence-corrected chi connectivity index (χ4v) is 3.10. The van der Waals surface area contributed by atoms with Gasteiger partial charge in [0.25, 0.3) is 5.91 Å². The maximum absolute atomic E-state index is 12.5. The van der Waals surface area contributed by atoms with E-state index in [2.05, 4.69) is 22.0 Å². The van der Waals surface area contributed by atoms with Crippen molar-refractivity contribution in [1.82, 2.24) is 9.88 Å². The molecule has 5 heteroatoms. The minimum atomic E-state index is -0.0783. The lowest BCUT2D eigenvalue weighted by Gasteiger charge is -2.15. The number of benzene rings is 1. The lowest BCUT2D eigenvalue weighted by atomic mass is 10.1. The number of hydrogen-bond acceptors (Lipinski definition) is 3. The maximum atomic E-state index is 12.5. The Labute approximate surface area is 141 Å². The number of hydrogen-bond donors (Lipinski definition) is 1. The molecule has 1 atom stereocenters. The molecule has 0 spiro atoms. The number of rotatable bonds is 7. The van der Waals surface area contributed by atoms with Gasteiger partial charge in [-0.25, -0.2) is 0 Å². The van der Waals surface area contributed by atoms with E-state index >= 15 is 0 Å². The summed E-state index contributed by atoms with van der Waals surface area (Å²) < 4.78 is 2.10. The molecule has 4 nitrogen and oxygen atoms in total. The normalized spacial score (nSPS) is 11.7. The van der Waals surface area contributed by atoms with Crippen LogP contribution in [-0.4, -0.2) is 22.3 Å². The van der Waals surface area contributed by atoms with E-state index in [0.29, 0.717) is 11.3 Å². The number of carbonyl (C=O) groups is 1. The minimum Gasteiger partial charge on any atom is -0.354 e. The predicted octanol–water partition coefficient (Wildman–Crippen LogP) is 3.39. The van der Waals surface area contributed by atoms with Crippen molar-refractivity contribution in [3.63, 3.8) is 0 Å². The first-order valence-corrected chi connectivity index (χ1v) is 8.60. The first-order chi connectivity index (χ1) is 11.1. The lowest BCUT2D eigenvalue weighted by molar-refractivity contribution is 0.0935. The Hall–Kier alpha value is -2.19. The summed E-state index contributed by atoms with van der Waals surface area (Å²) in [5.74, 6) is 0.262. The van der Waals surface area contributed by atoms with Crippen molar-refractivity contribution in [1.29, 1.82) is 5.26 Å². The zero-order valence-electron chi connectivity index (χ0n) is 13.5. The van der Waals surface area contributed by atoms with Crippen molar-refractivity contribution in [3.05, 3.63) is 53.9 Å². The molecule has 0 aliphatic carbocycles. The van der Waals surface area contributed by atoms with Crippen LogP contribution in [0.4, 0.5) is 0 Å². The van der Waals surface area contributed by atoms with Gasteiger partial charge in [-0.3, -0.25) is 4.79 Å². The Bertz CT molecular complexity index is 702. The monoisotopic (exact) mass is 327 g/mol. The second-order valence-electron chi connectivity index (χ2n) is 5.47. The molecule has 0 saturated carbocycles. The average Bonchev–Trinajstić information content (AvgIpc) is 2.96. The minimum absolute atomic E-state index is 0.0783. The van der Waals surface area contributed by atoms with Gasteiger partial charge in [-0.15, -0.1) is 11.8 Å². The second-order valence-corrected chi connectivity index (χ2v) is 6.48. The van der Waals surface area contributed by atoms with Crippen molar-refractivity contribution in [2.45, 2.75) is 30.7 Å². The van der Waals surface area contributed by atoms with Crippen LogP contribution in [0, 0.1) is 11.3 Å². The lowest BCUT2D eigenvalue weighted by Crippen LogP contribution is -2.33. The first kappa shape index (κ1) is 17.2. The van der Waals surface area contributed by atoms with Gasteiger partial charge < -0.3 is 9.88 Å². The van der Waals surface area contributed by atoms with Gasteiger partial charge in [0.1, 0.15) is 0 Å². The molecule has 0 fully saturated rings. The molecule has 2 rings (SSSR count). The SMILES string of the molecule is C[C@H](CCc1cccn1C)NC(=O)c1ccccc1SCC#N. The Morgan fingerprint density at radius 2 is 2.13 bits per heavy atom. The summed E-state index contributed by atoms with van der Waals surface area (Å²) >= 11 is 1.39. The molecular weight excluding hydrogens is 306 g/mol. The summed E-state index contributed by atoms with van der Waals surface area (Å²) in [6.45, 7) is 2.02. The highest BCUT2D eigenvalue weighted by molar-refractivity contribution is 7.99. The van der Waals surface area contributed by atoms with Gasteiger partial charge in [-0.1, -0.05) is 12.1 Å². The number of aryl methyl sites for hydroxylation is 2. The van der Waals surface area contributed by atoms with Gasteiger partial charge in [-0.2, -0.15) is 5.26 Å². The molecular formula is C18H21N3OS. The van der Waals surface area contributed by atoms with E-state index < -0.39 is 0 Å². The number of nitrogens with one attached hydrogen (secondary N) is 1. The molecule has 0 aliphatic heterocycles. The highest BCUT2D eigenvalue weighted by Crippen LogP contribution is 2.22. The van der Waals surface area contributed by atoms with Crippen LogP contribution in [0.1, 0.15) is 29.4 Å². The van der Waals surface area contributed by atoms with Gasteiger partial charge in [-0.05, 0) is 44.0 Å². The van der Waals surface area contributed by atoms with Crippen molar-refractivity contribution >= 4 is 17.7 Å². The number of nitriles is 1. The molecule has 0 saturated heterocycles. The molecule has 1 amide bonds. The van der Waals surface area contributed by atoms with Crippen LogP contribution in [0.5, 0.6) is 0 Å². The highest BCUT2D eigenvalue weighted by Gasteiger charge is 2.14. The van der Waals surface area contributed by atoms with E-state index in [0.717, 1.165) is 17.7 Å². The second kappa shape index (κ2) is 8.44. The quantitative estimate of drug-likeness (QED) is 0.793. The van der Waals surface area contributed by atoms with E-state index in [1.54, 1.807) is 6.07 Å². The summed E-state index contributed by atoms with van der Waals surface area (Å²) in [6.07, 6.45) is 3.84. The topological polar surface area (TPSA) is 57.8 Å². The Kier molecular flexibility index (Phi) is 6.30. The van der Waals surface area contributed by atoms with Crippen molar-refractivity contribution in [2.24, 2.45) is 7.05 Å². The molecule has 1 N–H and O–H groups in total. The van der Waals surface area contributed by atoms with Gasteiger partial charge in [0.15, 0.2) is 0 Å². The van der Waals surface area contributed by atoms with E-state index in [4.69, 9.17) is 5.26 Å². The van der Waals surface area contributed by atoms with Crippen LogP contribution < -0.4 is 5.32 Å². The highest BCUT2D eigenvalue weighted by atomic mass is 32.2. The van der Waals surface area contributed by atoms with Gasteiger partial charge >= 0.3 is 0 Å². The van der Waals surface area contributed by atoms with Crippen LogP contribution >= 0.6 is 11.8 Å². The molecule has 1 aromatic heterocycles. The summed E-state index contributed by atoms with van der Waals surface area (Å²) in [5.41, 5.74) is 1.90. The van der Waals surface area contributed by atoms with Crippen molar-refractivity contribution in [2.75, 3.05) is 5.75 Å². The maximum Gasteiger partial charge on any atom is 0.252 e. The molecule has 2 aromatic rings. The van der Waals surface area contributed by atoms with Crippen LogP contribution in [-0.2, 0) is 13.5 Å². The number of aromatic nitrogens is 1. The fraction of sp³-hybridized carbons (Fsp3) is 0.333. The standard InChI is InChI=1S/C18H21N3OS/c1-14(9-10-15-6-5-12-21(15)2)20-18(22)16-7-3-4-8-17(16)23-13-11-19/h3-8,12,14H,9-10,13H2,1-2H3,(H,20,22)/t14-/m1/s1. The van der Waals surface area contributed by atoms with Crippen molar-refractivity contribution < 1.29 is 4.79 Å². The molecule has 1 aromatic carbocycles. The van der Waals surface area contributed by atoms with E-state index in [1.165, 1.54) is 17.5 Å². The number of thioether (sulfide) groups is 1. The molecule has 0 bridgehead atoms. The molecule has 0 radical (unpaired) electrons. The fourth-order valence-electron chi connectivity index (χ4n) is 2.38. The van der Waals surface area contributed by atoms with Crippen LogP contribution in [0.2, 0.25) is 0 Å². The molecule has 120 valence electrons. The summed E-state index contributed by atoms with van der Waals surface area (Å²) in [5, 5.41) is 11.8.